The second kappa shape index (κ2) is 4.65. The molecular formula is C11H11N3O3. The Morgan fingerprint density at radius 2 is 2.12 bits per heavy atom. The predicted molar refractivity (Wildman–Crippen MR) is 59.1 cm³/mol. The summed E-state index contributed by atoms with van der Waals surface area (Å²) in [5.74, 6) is -0.998. The molecule has 0 fully saturated rings. The number of nitrogens with zero attached hydrogens (tertiary/aromatic N) is 3. The molecule has 0 atom stereocenters. The average molecular weight is 233 g/mol. The van der Waals surface area contributed by atoms with Crippen LogP contribution in [0.1, 0.15) is 16.1 Å². The van der Waals surface area contributed by atoms with Crippen LogP contribution in [-0.2, 0) is 6.54 Å². The smallest absolute Gasteiger partial charge is 0.362 e. The maximum atomic E-state index is 10.9. The summed E-state index contributed by atoms with van der Waals surface area (Å²) < 4.78 is 6.42. The number of hydrogen-bond acceptors (Lipinski definition) is 4. The Labute approximate surface area is 97.4 Å². The van der Waals surface area contributed by atoms with Gasteiger partial charge in [0.1, 0.15) is 0 Å². The zero-order chi connectivity index (χ0) is 12.3. The van der Waals surface area contributed by atoms with Gasteiger partial charge in [-0.25, -0.2) is 9.48 Å². The highest BCUT2D eigenvalue weighted by atomic mass is 16.5. The van der Waals surface area contributed by atoms with Crippen molar-refractivity contribution in [3.8, 4) is 5.88 Å². The summed E-state index contributed by atoms with van der Waals surface area (Å²) in [7, 11) is 1.40. The van der Waals surface area contributed by atoms with E-state index in [1.807, 2.05) is 30.3 Å². The third kappa shape index (κ3) is 2.25. The number of aromatic carboxylic acids is 1. The van der Waals surface area contributed by atoms with Gasteiger partial charge < -0.3 is 9.84 Å². The lowest BCUT2D eigenvalue weighted by atomic mass is 10.2. The molecule has 0 aliphatic heterocycles. The Morgan fingerprint density at radius 3 is 2.71 bits per heavy atom. The molecule has 0 saturated heterocycles. The summed E-state index contributed by atoms with van der Waals surface area (Å²) in [5.41, 5.74) is 0.816. The minimum absolute atomic E-state index is 0.154. The number of rotatable bonds is 4. The molecule has 0 bridgehead atoms. The van der Waals surface area contributed by atoms with E-state index in [2.05, 4.69) is 10.3 Å². The van der Waals surface area contributed by atoms with Gasteiger partial charge in [-0.2, -0.15) is 0 Å². The Bertz CT molecular complexity index is 522. The van der Waals surface area contributed by atoms with Crippen LogP contribution in [0.4, 0.5) is 0 Å². The van der Waals surface area contributed by atoms with Crippen LogP contribution in [0.2, 0.25) is 0 Å². The molecule has 1 heterocycles. The van der Waals surface area contributed by atoms with E-state index in [4.69, 9.17) is 9.84 Å². The molecule has 1 aromatic carbocycles. The van der Waals surface area contributed by atoms with Crippen molar-refractivity contribution >= 4 is 5.97 Å². The first-order valence-corrected chi connectivity index (χ1v) is 4.97. The van der Waals surface area contributed by atoms with E-state index in [0.29, 0.717) is 6.54 Å². The second-order valence-electron chi connectivity index (χ2n) is 3.40. The van der Waals surface area contributed by atoms with Crippen LogP contribution in [0.25, 0.3) is 0 Å². The van der Waals surface area contributed by atoms with E-state index in [0.717, 1.165) is 5.56 Å². The molecule has 88 valence electrons. The molecule has 6 heteroatoms. The summed E-state index contributed by atoms with van der Waals surface area (Å²) >= 11 is 0. The summed E-state index contributed by atoms with van der Waals surface area (Å²) in [6, 6.07) is 9.54. The molecule has 0 aliphatic carbocycles. The fourth-order valence-corrected chi connectivity index (χ4v) is 1.50. The lowest BCUT2D eigenvalue weighted by molar-refractivity contribution is 0.0686. The van der Waals surface area contributed by atoms with Gasteiger partial charge in [-0.3, -0.25) is 0 Å². The van der Waals surface area contributed by atoms with Crippen LogP contribution < -0.4 is 4.74 Å². The van der Waals surface area contributed by atoms with Crippen molar-refractivity contribution in [2.75, 3.05) is 7.11 Å². The van der Waals surface area contributed by atoms with Crippen molar-refractivity contribution in [3.05, 3.63) is 41.6 Å². The first kappa shape index (κ1) is 11.1. The molecule has 6 nitrogen and oxygen atoms in total. The lowest BCUT2D eigenvalue weighted by Gasteiger charge is -2.05. The number of methoxy groups -OCH3 is 1. The van der Waals surface area contributed by atoms with Gasteiger partial charge in [-0.15, -0.1) is 5.10 Å². The Balaban J connectivity index is 2.31. The van der Waals surface area contributed by atoms with E-state index in [1.54, 1.807) is 0 Å². The van der Waals surface area contributed by atoms with Gasteiger partial charge in [0.15, 0.2) is 0 Å². The summed E-state index contributed by atoms with van der Waals surface area (Å²) in [5, 5.41) is 16.2. The molecule has 17 heavy (non-hydrogen) atoms. The van der Waals surface area contributed by atoms with Gasteiger partial charge in [-0.05, 0) is 5.56 Å². The van der Waals surface area contributed by atoms with Crippen LogP contribution in [0.5, 0.6) is 5.88 Å². The highest BCUT2D eigenvalue weighted by molar-refractivity contribution is 5.87. The van der Waals surface area contributed by atoms with Crippen LogP contribution in [-0.4, -0.2) is 33.2 Å². The van der Waals surface area contributed by atoms with Crippen molar-refractivity contribution in [2.24, 2.45) is 0 Å². The Hall–Kier alpha value is -2.37. The average Bonchev–Trinajstić information content (AvgIpc) is 2.73. The minimum Gasteiger partial charge on any atom is -0.479 e. The standard InChI is InChI=1S/C11H11N3O3/c1-17-10-9(11(15)16)12-13-14(10)7-8-5-3-2-4-6-8/h2-6H,7H2,1H3,(H,15,16). The maximum Gasteiger partial charge on any atom is 0.362 e. The first-order chi connectivity index (χ1) is 8.22. The number of hydrogen-bond donors (Lipinski definition) is 1. The van der Waals surface area contributed by atoms with Crippen molar-refractivity contribution in [3.63, 3.8) is 0 Å². The Kier molecular flexibility index (Phi) is 3.04. The third-order valence-electron chi connectivity index (χ3n) is 2.26. The van der Waals surface area contributed by atoms with E-state index in [1.165, 1.54) is 11.8 Å². The number of carboxylic acids is 1. The summed E-state index contributed by atoms with van der Waals surface area (Å²) in [6.45, 7) is 0.421. The van der Waals surface area contributed by atoms with Gasteiger partial charge in [0.05, 0.1) is 13.7 Å². The van der Waals surface area contributed by atoms with Crippen molar-refractivity contribution in [1.82, 2.24) is 15.0 Å². The molecule has 0 unspecified atom stereocenters. The van der Waals surface area contributed by atoms with Gasteiger partial charge >= 0.3 is 5.97 Å². The zero-order valence-electron chi connectivity index (χ0n) is 9.20. The fraction of sp³-hybridized carbons (Fsp3) is 0.182. The van der Waals surface area contributed by atoms with Crippen LogP contribution in [0.3, 0.4) is 0 Å². The highest BCUT2D eigenvalue weighted by Crippen LogP contribution is 2.16. The molecule has 0 spiro atoms. The lowest BCUT2D eigenvalue weighted by Crippen LogP contribution is -2.06. The molecule has 2 rings (SSSR count). The molecule has 2 aromatic rings. The minimum atomic E-state index is -1.15. The number of carbonyl (C=O) groups is 1. The van der Waals surface area contributed by atoms with Crippen LogP contribution in [0, 0.1) is 0 Å². The second-order valence-corrected chi connectivity index (χ2v) is 3.40. The topological polar surface area (TPSA) is 77.2 Å². The van der Waals surface area contributed by atoms with Crippen molar-refractivity contribution < 1.29 is 14.6 Å². The van der Waals surface area contributed by atoms with Gasteiger partial charge in [0, 0.05) is 0 Å². The van der Waals surface area contributed by atoms with Gasteiger partial charge in [0.25, 0.3) is 0 Å². The normalized spacial score (nSPS) is 10.2. The molecule has 0 radical (unpaired) electrons. The fourth-order valence-electron chi connectivity index (χ4n) is 1.50. The molecule has 1 N–H and O–H groups in total. The van der Waals surface area contributed by atoms with E-state index < -0.39 is 5.97 Å². The van der Waals surface area contributed by atoms with Gasteiger partial charge in [-0.1, -0.05) is 35.5 Å². The number of aromatic nitrogens is 3. The number of carboxylic acid groups (broad SMARTS) is 1. The zero-order valence-corrected chi connectivity index (χ0v) is 9.20. The largest absolute Gasteiger partial charge is 0.479 e. The molecule has 0 amide bonds. The van der Waals surface area contributed by atoms with E-state index in [9.17, 15) is 4.79 Å². The van der Waals surface area contributed by atoms with E-state index in [-0.39, 0.29) is 11.6 Å². The molecular weight excluding hydrogens is 222 g/mol. The third-order valence-corrected chi connectivity index (χ3v) is 2.26. The maximum absolute atomic E-state index is 10.9. The molecule has 0 saturated carbocycles. The van der Waals surface area contributed by atoms with Crippen molar-refractivity contribution in [1.29, 1.82) is 0 Å². The molecule has 1 aromatic heterocycles. The Morgan fingerprint density at radius 1 is 1.41 bits per heavy atom. The van der Waals surface area contributed by atoms with E-state index >= 15 is 0 Å². The van der Waals surface area contributed by atoms with Crippen molar-refractivity contribution in [2.45, 2.75) is 6.54 Å². The number of ether oxygens (including phenoxy) is 1. The monoisotopic (exact) mass is 233 g/mol. The van der Waals surface area contributed by atoms with Crippen LogP contribution in [0.15, 0.2) is 30.3 Å². The first-order valence-electron chi connectivity index (χ1n) is 4.97. The summed E-state index contributed by atoms with van der Waals surface area (Å²) in [4.78, 5) is 10.9. The molecule has 0 aliphatic rings. The van der Waals surface area contributed by atoms with Gasteiger partial charge in [0.2, 0.25) is 11.6 Å². The quantitative estimate of drug-likeness (QED) is 0.853. The van der Waals surface area contributed by atoms with Crippen LogP contribution >= 0.6 is 0 Å². The summed E-state index contributed by atoms with van der Waals surface area (Å²) in [6.07, 6.45) is 0. The predicted octanol–water partition coefficient (Wildman–Crippen LogP) is 1.03. The number of benzene rings is 1. The SMILES string of the molecule is COc1c(C(=O)O)nnn1Cc1ccccc1. The highest BCUT2D eigenvalue weighted by Gasteiger charge is 2.19.